The first-order valence-electron chi connectivity index (χ1n) is 8.89. The molecule has 2 heterocycles. The second-order valence-electron chi connectivity index (χ2n) is 7.99. The normalized spacial score (nSPS) is 20.8. The van der Waals surface area contributed by atoms with E-state index in [0.29, 0.717) is 25.9 Å². The van der Waals surface area contributed by atoms with E-state index in [-0.39, 0.29) is 24.1 Å². The topological polar surface area (TPSA) is 76.8 Å². The number of hydrogen-bond donors (Lipinski definition) is 0. The monoisotopic (exact) mass is 474 g/mol. The van der Waals surface area contributed by atoms with Crippen LogP contribution in [-0.2, 0) is 16.0 Å². The van der Waals surface area contributed by atoms with E-state index in [0.717, 1.165) is 9.26 Å². The number of hydrogen-bond acceptors (Lipinski definition) is 5. The highest BCUT2D eigenvalue weighted by Crippen LogP contribution is 2.27. The first kappa shape index (κ1) is 20.9. The minimum atomic E-state index is -0.530. The largest absolute Gasteiger partial charge is 0.444 e. The van der Waals surface area contributed by atoms with E-state index in [2.05, 4.69) is 46.5 Å². The molecule has 1 aliphatic heterocycles. The second-order valence-corrected chi connectivity index (χ2v) is 9.01. The fourth-order valence-electron chi connectivity index (χ4n) is 3.04. The Morgan fingerprint density at radius 3 is 2.73 bits per heavy atom. The maximum absolute atomic E-state index is 12.4. The summed E-state index contributed by atoms with van der Waals surface area (Å²) in [5, 5.41) is 4.54. The van der Waals surface area contributed by atoms with E-state index in [1.165, 1.54) is 0 Å². The fraction of sp³-hybridized carbons (Fsp3) is 0.722. The molecule has 2 rings (SSSR count). The number of carbonyl (C=O) groups excluding carboxylic acids is 2. The van der Waals surface area contributed by atoms with Crippen molar-refractivity contribution >= 4 is 34.8 Å². The summed E-state index contributed by atoms with van der Waals surface area (Å²) in [6.07, 6.45) is 4.76. The van der Waals surface area contributed by atoms with Gasteiger partial charge in [-0.3, -0.25) is 4.68 Å². The second kappa shape index (κ2) is 8.52. The summed E-state index contributed by atoms with van der Waals surface area (Å²) < 4.78 is 8.37. The van der Waals surface area contributed by atoms with Gasteiger partial charge in [0.25, 0.3) is 0 Å². The van der Waals surface area contributed by atoms with Gasteiger partial charge in [-0.25, -0.2) is 14.6 Å². The molecule has 7 nitrogen and oxygen atoms in total. The lowest BCUT2D eigenvalue weighted by Crippen LogP contribution is -2.47. The Hall–Kier alpha value is -1.41. The zero-order valence-electron chi connectivity index (χ0n) is 16.0. The number of aromatic nitrogens is 2. The quantitative estimate of drug-likeness (QED) is 0.380. The zero-order chi connectivity index (χ0) is 19.5. The maximum atomic E-state index is 12.4. The van der Waals surface area contributed by atoms with Crippen molar-refractivity contribution in [2.24, 2.45) is 10.9 Å². The van der Waals surface area contributed by atoms with Gasteiger partial charge in [-0.2, -0.15) is 5.10 Å². The van der Waals surface area contributed by atoms with Crippen molar-refractivity contribution in [3.8, 4) is 0 Å². The number of nitrogens with zero attached hydrogens (tertiary/aromatic N) is 4. The molecule has 0 spiro atoms. The Labute approximate surface area is 168 Å². The van der Waals surface area contributed by atoms with Crippen LogP contribution >= 0.6 is 22.6 Å². The first-order chi connectivity index (χ1) is 12.1. The number of piperidine rings is 1. The number of isocyanates is 1. The molecule has 0 saturated carbocycles. The molecule has 1 saturated heterocycles. The molecule has 0 aromatic carbocycles. The lowest BCUT2D eigenvalue weighted by Gasteiger charge is -2.37. The van der Waals surface area contributed by atoms with E-state index in [4.69, 9.17) is 4.74 Å². The molecule has 1 aromatic rings. The average Bonchev–Trinajstić information content (AvgIpc) is 2.89. The smallest absolute Gasteiger partial charge is 0.410 e. The van der Waals surface area contributed by atoms with Crippen LogP contribution in [0, 0.1) is 9.62 Å². The molecular weight excluding hydrogens is 447 g/mol. The van der Waals surface area contributed by atoms with Gasteiger partial charge < -0.3 is 9.64 Å². The van der Waals surface area contributed by atoms with Gasteiger partial charge >= 0.3 is 6.09 Å². The molecule has 0 aliphatic carbocycles. The van der Waals surface area contributed by atoms with Gasteiger partial charge in [0.15, 0.2) is 0 Å². The minimum Gasteiger partial charge on any atom is -0.444 e. The lowest BCUT2D eigenvalue weighted by molar-refractivity contribution is 0.0149. The number of ether oxygens (including phenoxy) is 1. The Balaban J connectivity index is 2.16. The molecule has 1 fully saturated rings. The minimum absolute atomic E-state index is 0.0380. The van der Waals surface area contributed by atoms with Crippen LogP contribution in [-0.4, -0.2) is 51.6 Å². The van der Waals surface area contributed by atoms with Crippen LogP contribution in [0.5, 0.6) is 0 Å². The Morgan fingerprint density at radius 1 is 1.50 bits per heavy atom. The van der Waals surface area contributed by atoms with Gasteiger partial charge in [-0.15, -0.1) is 0 Å². The fourth-order valence-corrected chi connectivity index (χ4v) is 3.65. The molecule has 8 heteroatoms. The summed E-state index contributed by atoms with van der Waals surface area (Å²) >= 11 is 2.23. The van der Waals surface area contributed by atoms with Gasteiger partial charge in [0, 0.05) is 36.8 Å². The van der Waals surface area contributed by atoms with Gasteiger partial charge in [0.1, 0.15) is 9.30 Å². The highest BCUT2D eigenvalue weighted by atomic mass is 127. The SMILES string of the molecule is CC(C)n1cc(CC2CN(C(=O)OC(C)(C)C)CCC2N=C=O)c(I)n1. The van der Waals surface area contributed by atoms with Crippen molar-refractivity contribution in [2.75, 3.05) is 13.1 Å². The third-order valence-corrected chi connectivity index (χ3v) is 5.24. The highest BCUT2D eigenvalue weighted by molar-refractivity contribution is 14.1. The van der Waals surface area contributed by atoms with E-state index in [1.54, 1.807) is 11.0 Å². The molecule has 0 N–H and O–H groups in total. The predicted molar refractivity (Wildman–Crippen MR) is 107 cm³/mol. The molecule has 26 heavy (non-hydrogen) atoms. The molecule has 144 valence electrons. The molecule has 1 aliphatic rings. The van der Waals surface area contributed by atoms with E-state index >= 15 is 0 Å². The first-order valence-corrected chi connectivity index (χ1v) is 9.97. The number of aliphatic imine (C=N–C) groups is 1. The van der Waals surface area contributed by atoms with Crippen LogP contribution in [0.4, 0.5) is 4.79 Å². The van der Waals surface area contributed by atoms with Crippen molar-refractivity contribution in [1.29, 1.82) is 0 Å². The van der Waals surface area contributed by atoms with Crippen LogP contribution in [0.3, 0.4) is 0 Å². The van der Waals surface area contributed by atoms with E-state index in [9.17, 15) is 9.59 Å². The molecular formula is C18H27IN4O3. The number of rotatable bonds is 4. The number of amides is 1. The third-order valence-electron chi connectivity index (χ3n) is 4.33. The number of halogens is 1. The van der Waals surface area contributed by atoms with Gasteiger partial charge in [0.2, 0.25) is 6.08 Å². The van der Waals surface area contributed by atoms with Gasteiger partial charge in [-0.05, 0) is 70.1 Å². The summed E-state index contributed by atoms with van der Waals surface area (Å²) in [4.78, 5) is 28.9. The molecule has 0 radical (unpaired) electrons. The van der Waals surface area contributed by atoms with Crippen LogP contribution in [0.25, 0.3) is 0 Å². The summed E-state index contributed by atoms with van der Waals surface area (Å²) in [6, 6.07) is 0.148. The highest BCUT2D eigenvalue weighted by Gasteiger charge is 2.34. The molecule has 2 atom stereocenters. The summed E-state index contributed by atoms with van der Waals surface area (Å²) in [7, 11) is 0. The third kappa shape index (κ3) is 5.54. The van der Waals surface area contributed by atoms with Crippen LogP contribution in [0.15, 0.2) is 11.2 Å². The average molecular weight is 474 g/mol. The zero-order valence-corrected chi connectivity index (χ0v) is 18.2. The van der Waals surface area contributed by atoms with Crippen LogP contribution in [0.1, 0.15) is 52.6 Å². The van der Waals surface area contributed by atoms with Crippen LogP contribution < -0.4 is 0 Å². The molecule has 0 bridgehead atoms. The van der Waals surface area contributed by atoms with E-state index in [1.807, 2.05) is 31.6 Å². The standard InChI is InChI=1S/C18H27IN4O3/c1-12(2)23-10-14(16(19)21-23)8-13-9-22(7-6-15(13)20-11-24)17(25)26-18(3,4)5/h10,12-13,15H,6-9H2,1-5H3. The Bertz CT molecular complexity index is 689. The van der Waals surface area contributed by atoms with Gasteiger partial charge in [-0.1, -0.05) is 0 Å². The number of carbonyl (C=O) groups is 1. The van der Waals surface area contributed by atoms with Crippen LogP contribution in [0.2, 0.25) is 0 Å². The molecule has 2 unspecified atom stereocenters. The molecule has 1 aromatic heterocycles. The van der Waals surface area contributed by atoms with Crippen molar-refractivity contribution in [2.45, 2.75) is 65.1 Å². The maximum Gasteiger partial charge on any atom is 0.410 e. The Morgan fingerprint density at radius 2 is 2.19 bits per heavy atom. The summed E-state index contributed by atoms with van der Waals surface area (Å²) in [6.45, 7) is 10.8. The Kier molecular flexibility index (Phi) is 6.85. The van der Waals surface area contributed by atoms with Crippen molar-refractivity contribution in [3.63, 3.8) is 0 Å². The predicted octanol–water partition coefficient (Wildman–Crippen LogP) is 3.57. The summed E-state index contributed by atoms with van der Waals surface area (Å²) in [5.74, 6) is 0.0380. The lowest BCUT2D eigenvalue weighted by atomic mass is 9.88. The summed E-state index contributed by atoms with van der Waals surface area (Å²) in [5.41, 5.74) is 0.583. The van der Waals surface area contributed by atoms with E-state index < -0.39 is 5.60 Å². The van der Waals surface area contributed by atoms with Gasteiger partial charge in [0.05, 0.1) is 6.04 Å². The van der Waals surface area contributed by atoms with Crippen molar-refractivity contribution < 1.29 is 14.3 Å². The van der Waals surface area contributed by atoms with Crippen molar-refractivity contribution in [3.05, 3.63) is 15.5 Å². The number of likely N-dealkylation sites (tertiary alicyclic amines) is 1. The van der Waals surface area contributed by atoms with Crippen molar-refractivity contribution in [1.82, 2.24) is 14.7 Å². The molecule has 1 amide bonds.